The first-order chi connectivity index (χ1) is 9.10. The molecule has 2 heteroatoms. The fraction of sp³-hybridized carbons (Fsp3) is 0.647. The molecule has 2 nitrogen and oxygen atoms in total. The van der Waals surface area contributed by atoms with E-state index in [1.807, 2.05) is 0 Å². The van der Waals surface area contributed by atoms with Crippen LogP contribution in [-0.4, -0.2) is 13.2 Å². The van der Waals surface area contributed by atoms with Gasteiger partial charge in [-0.05, 0) is 61.8 Å². The first-order valence-electron chi connectivity index (χ1n) is 7.53. The number of rotatable bonds is 6. The Bertz CT molecular complexity index is 414. The summed E-state index contributed by atoms with van der Waals surface area (Å²) in [5.74, 6) is 1.77. The van der Waals surface area contributed by atoms with Crippen molar-refractivity contribution in [2.75, 3.05) is 7.11 Å². The van der Waals surface area contributed by atoms with Crippen molar-refractivity contribution >= 4 is 0 Å². The van der Waals surface area contributed by atoms with Gasteiger partial charge in [0.05, 0.1) is 7.11 Å². The molecule has 0 bridgehead atoms. The highest BCUT2D eigenvalue weighted by molar-refractivity contribution is 5.40. The van der Waals surface area contributed by atoms with Gasteiger partial charge in [-0.2, -0.15) is 0 Å². The summed E-state index contributed by atoms with van der Waals surface area (Å²) in [6.45, 7) is 6.89. The molecule has 1 aromatic rings. The van der Waals surface area contributed by atoms with Crippen molar-refractivity contribution in [2.24, 2.45) is 5.92 Å². The zero-order valence-electron chi connectivity index (χ0n) is 12.7. The molecule has 2 rings (SSSR count). The minimum atomic E-state index is 0.507. The summed E-state index contributed by atoms with van der Waals surface area (Å²) in [6, 6.07) is 7.59. The van der Waals surface area contributed by atoms with E-state index in [0.717, 1.165) is 11.7 Å². The van der Waals surface area contributed by atoms with Crippen LogP contribution in [0.4, 0.5) is 0 Å². The van der Waals surface area contributed by atoms with E-state index in [4.69, 9.17) is 4.74 Å². The second-order valence-corrected chi connectivity index (χ2v) is 6.19. The van der Waals surface area contributed by atoms with E-state index in [2.05, 4.69) is 44.3 Å². The van der Waals surface area contributed by atoms with Crippen molar-refractivity contribution in [3.05, 3.63) is 29.3 Å². The molecule has 1 aliphatic carbocycles. The van der Waals surface area contributed by atoms with Crippen LogP contribution in [0.2, 0.25) is 0 Å². The third kappa shape index (κ3) is 3.73. The molecule has 106 valence electrons. The quantitative estimate of drug-likeness (QED) is 0.832. The molecule has 0 radical (unpaired) electrons. The molecule has 0 saturated carbocycles. The highest BCUT2D eigenvalue weighted by Gasteiger charge is 2.23. The molecular formula is C17H27NO. The van der Waals surface area contributed by atoms with Gasteiger partial charge in [0.1, 0.15) is 5.75 Å². The molecule has 1 aromatic carbocycles. The van der Waals surface area contributed by atoms with Crippen LogP contribution < -0.4 is 10.1 Å². The summed E-state index contributed by atoms with van der Waals surface area (Å²) < 4.78 is 5.34. The molecule has 2 atom stereocenters. The topological polar surface area (TPSA) is 21.3 Å². The molecule has 0 amide bonds. The smallest absolute Gasteiger partial charge is 0.119 e. The Morgan fingerprint density at radius 1 is 1.26 bits per heavy atom. The lowest BCUT2D eigenvalue weighted by atomic mass is 10.0. The summed E-state index contributed by atoms with van der Waals surface area (Å²) in [6.07, 6.45) is 4.96. The average Bonchev–Trinajstić information content (AvgIpc) is 2.79. The third-order valence-electron chi connectivity index (χ3n) is 4.09. The molecule has 0 aliphatic heterocycles. The molecule has 0 aromatic heterocycles. The predicted molar refractivity (Wildman–Crippen MR) is 80.7 cm³/mol. The normalized spacial score (nSPS) is 19.5. The Morgan fingerprint density at radius 3 is 2.74 bits per heavy atom. The van der Waals surface area contributed by atoms with Gasteiger partial charge in [0.25, 0.3) is 0 Å². The minimum absolute atomic E-state index is 0.507. The molecule has 0 saturated heterocycles. The maximum atomic E-state index is 5.34. The van der Waals surface area contributed by atoms with E-state index in [1.165, 1.54) is 36.8 Å². The fourth-order valence-electron chi connectivity index (χ4n) is 2.89. The molecule has 0 fully saturated rings. The second-order valence-electron chi connectivity index (χ2n) is 6.19. The van der Waals surface area contributed by atoms with Gasteiger partial charge in [-0.3, -0.25) is 0 Å². The molecule has 2 unspecified atom stereocenters. The number of methoxy groups -OCH3 is 1. The van der Waals surface area contributed by atoms with Crippen molar-refractivity contribution in [3.8, 4) is 5.75 Å². The van der Waals surface area contributed by atoms with E-state index in [-0.39, 0.29) is 0 Å². The number of hydrogen-bond donors (Lipinski definition) is 1. The first kappa shape index (κ1) is 14.4. The van der Waals surface area contributed by atoms with Crippen LogP contribution in [0.15, 0.2) is 18.2 Å². The lowest BCUT2D eigenvalue weighted by Crippen LogP contribution is -2.29. The monoisotopic (exact) mass is 261 g/mol. The summed E-state index contributed by atoms with van der Waals surface area (Å²) in [4.78, 5) is 0. The Kier molecular flexibility index (Phi) is 4.87. The van der Waals surface area contributed by atoms with Gasteiger partial charge in [-0.15, -0.1) is 0 Å². The molecule has 0 spiro atoms. The largest absolute Gasteiger partial charge is 0.497 e. The fourth-order valence-corrected chi connectivity index (χ4v) is 2.89. The van der Waals surface area contributed by atoms with Gasteiger partial charge in [0, 0.05) is 12.1 Å². The van der Waals surface area contributed by atoms with Crippen LogP contribution in [0.25, 0.3) is 0 Å². The minimum Gasteiger partial charge on any atom is -0.497 e. The number of ether oxygens (including phenoxy) is 1. The molecule has 1 aliphatic rings. The summed E-state index contributed by atoms with van der Waals surface area (Å²) in [7, 11) is 1.74. The van der Waals surface area contributed by atoms with Crippen LogP contribution in [0.3, 0.4) is 0 Å². The zero-order chi connectivity index (χ0) is 13.8. The standard InChI is InChI=1S/C17H27NO/c1-12(2)5-6-13(3)18-17-10-8-14-7-9-15(19-4)11-16(14)17/h7,9,11-13,17-18H,5-6,8,10H2,1-4H3. The van der Waals surface area contributed by atoms with Crippen molar-refractivity contribution in [1.29, 1.82) is 0 Å². The zero-order valence-corrected chi connectivity index (χ0v) is 12.7. The van der Waals surface area contributed by atoms with E-state index in [0.29, 0.717) is 12.1 Å². The Balaban J connectivity index is 1.97. The average molecular weight is 261 g/mol. The second kappa shape index (κ2) is 6.42. The van der Waals surface area contributed by atoms with Crippen molar-refractivity contribution in [1.82, 2.24) is 5.32 Å². The number of nitrogens with one attached hydrogen (secondary N) is 1. The molecular weight excluding hydrogens is 234 g/mol. The molecule has 19 heavy (non-hydrogen) atoms. The Morgan fingerprint density at radius 2 is 2.05 bits per heavy atom. The summed E-state index contributed by atoms with van der Waals surface area (Å²) in [5, 5.41) is 3.79. The van der Waals surface area contributed by atoms with Gasteiger partial charge in [0.2, 0.25) is 0 Å². The highest BCUT2D eigenvalue weighted by Crippen LogP contribution is 2.34. The molecule has 1 N–H and O–H groups in total. The van der Waals surface area contributed by atoms with Crippen LogP contribution in [-0.2, 0) is 6.42 Å². The van der Waals surface area contributed by atoms with Gasteiger partial charge in [-0.25, -0.2) is 0 Å². The lowest BCUT2D eigenvalue weighted by Gasteiger charge is -2.21. The number of benzene rings is 1. The Hall–Kier alpha value is -1.02. The van der Waals surface area contributed by atoms with Crippen LogP contribution in [0, 0.1) is 5.92 Å². The van der Waals surface area contributed by atoms with E-state index >= 15 is 0 Å². The summed E-state index contributed by atoms with van der Waals surface area (Å²) in [5.41, 5.74) is 2.92. The predicted octanol–water partition coefficient (Wildman–Crippen LogP) is 4.10. The van der Waals surface area contributed by atoms with Gasteiger partial charge in [0.15, 0.2) is 0 Å². The van der Waals surface area contributed by atoms with Crippen LogP contribution in [0.1, 0.15) is 57.2 Å². The number of fused-ring (bicyclic) bond motifs is 1. The highest BCUT2D eigenvalue weighted by atomic mass is 16.5. The summed E-state index contributed by atoms with van der Waals surface area (Å²) >= 11 is 0. The van der Waals surface area contributed by atoms with Crippen molar-refractivity contribution < 1.29 is 4.74 Å². The number of aryl methyl sites for hydroxylation is 1. The maximum absolute atomic E-state index is 5.34. The first-order valence-corrected chi connectivity index (χ1v) is 7.53. The van der Waals surface area contributed by atoms with E-state index in [1.54, 1.807) is 7.11 Å². The van der Waals surface area contributed by atoms with Crippen molar-refractivity contribution in [3.63, 3.8) is 0 Å². The van der Waals surface area contributed by atoms with Gasteiger partial charge < -0.3 is 10.1 Å². The van der Waals surface area contributed by atoms with Gasteiger partial charge >= 0.3 is 0 Å². The lowest BCUT2D eigenvalue weighted by molar-refractivity contribution is 0.398. The van der Waals surface area contributed by atoms with E-state index < -0.39 is 0 Å². The third-order valence-corrected chi connectivity index (χ3v) is 4.09. The maximum Gasteiger partial charge on any atom is 0.119 e. The molecule has 0 heterocycles. The number of hydrogen-bond acceptors (Lipinski definition) is 2. The van der Waals surface area contributed by atoms with E-state index in [9.17, 15) is 0 Å². The Labute approximate surface area is 117 Å². The van der Waals surface area contributed by atoms with Crippen LogP contribution in [0.5, 0.6) is 5.75 Å². The van der Waals surface area contributed by atoms with Crippen molar-refractivity contribution in [2.45, 2.75) is 58.5 Å². The van der Waals surface area contributed by atoms with Gasteiger partial charge in [-0.1, -0.05) is 19.9 Å². The van der Waals surface area contributed by atoms with Crippen LogP contribution >= 0.6 is 0 Å². The SMILES string of the molecule is COc1ccc2c(c1)C(NC(C)CCC(C)C)CC2.